The van der Waals surface area contributed by atoms with Gasteiger partial charge in [-0.25, -0.2) is 14.2 Å². The summed E-state index contributed by atoms with van der Waals surface area (Å²) in [7, 11) is 0. The van der Waals surface area contributed by atoms with Crippen LogP contribution < -0.4 is 5.56 Å². The third-order valence-electron chi connectivity index (χ3n) is 8.59. The number of ether oxygens (including phenoxy) is 1. The Morgan fingerprint density at radius 2 is 1.97 bits per heavy atom. The van der Waals surface area contributed by atoms with Crippen LogP contribution in [0.2, 0.25) is 0 Å². The van der Waals surface area contributed by atoms with E-state index in [1.165, 1.54) is 6.07 Å². The average molecular weight is 522 g/mol. The lowest BCUT2D eigenvalue weighted by atomic mass is 9.86. The Balaban J connectivity index is 1.58. The van der Waals surface area contributed by atoms with Gasteiger partial charge in [0.1, 0.15) is 12.4 Å². The summed E-state index contributed by atoms with van der Waals surface area (Å²) in [6.45, 7) is 9.18. The minimum absolute atomic E-state index is 0.00746. The predicted octanol–water partition coefficient (Wildman–Crippen LogP) is 3.12. The normalized spacial score (nSPS) is 23.9. The van der Waals surface area contributed by atoms with Crippen LogP contribution >= 0.6 is 0 Å². The summed E-state index contributed by atoms with van der Waals surface area (Å²) in [5.41, 5.74) is 2.14. The fraction of sp³-hybridized carbons (Fsp3) is 0.483. The number of fused-ring (bicyclic) bond motifs is 5. The standard InChI is InChI=1S/C29H32FN3O5/c1-5-29(37)21-7-24-25-19(11-33(24)26(35)20(21)13-38-27(29)36)18(10-32-14-28(3,4)9-16(32)12-34)17-6-15(2)22(30)8-23(17)31-25/h6-8,16,34,37H,5,9-14H2,1-4H3/t16-,29+/m1/s1. The van der Waals surface area contributed by atoms with E-state index >= 15 is 0 Å². The lowest BCUT2D eigenvalue weighted by Gasteiger charge is -2.31. The largest absolute Gasteiger partial charge is 0.458 e. The molecule has 6 rings (SSSR count). The van der Waals surface area contributed by atoms with E-state index in [0.717, 1.165) is 29.5 Å². The summed E-state index contributed by atoms with van der Waals surface area (Å²) >= 11 is 0. The number of esters is 1. The van der Waals surface area contributed by atoms with Gasteiger partial charge < -0.3 is 19.5 Å². The molecule has 1 aromatic carbocycles. The van der Waals surface area contributed by atoms with Gasteiger partial charge in [0.15, 0.2) is 5.60 Å². The Kier molecular flexibility index (Phi) is 5.58. The Labute approximate surface area is 219 Å². The number of carbonyl (C=O) groups excluding carboxylic acids is 1. The summed E-state index contributed by atoms with van der Waals surface area (Å²) in [5.74, 6) is -1.14. The van der Waals surface area contributed by atoms with Crippen LogP contribution in [0, 0.1) is 18.2 Å². The number of nitrogens with zero attached hydrogens (tertiary/aromatic N) is 3. The number of aryl methyl sites for hydroxylation is 1. The molecular formula is C29H32FN3O5. The van der Waals surface area contributed by atoms with Crippen LogP contribution in [0.25, 0.3) is 22.3 Å². The van der Waals surface area contributed by atoms with Gasteiger partial charge in [0, 0.05) is 41.7 Å². The second kappa shape index (κ2) is 8.43. The van der Waals surface area contributed by atoms with Crippen molar-refractivity contribution in [2.75, 3.05) is 13.2 Å². The van der Waals surface area contributed by atoms with Gasteiger partial charge in [-0.1, -0.05) is 20.8 Å². The molecule has 3 aliphatic heterocycles. The lowest BCUT2D eigenvalue weighted by molar-refractivity contribution is -0.172. The van der Waals surface area contributed by atoms with Crippen molar-refractivity contribution in [1.29, 1.82) is 0 Å². The first-order valence-corrected chi connectivity index (χ1v) is 13.1. The Bertz CT molecular complexity index is 1580. The first kappa shape index (κ1) is 25.2. The third kappa shape index (κ3) is 3.56. The fourth-order valence-corrected chi connectivity index (χ4v) is 6.55. The van der Waals surface area contributed by atoms with Crippen molar-refractivity contribution < 1.29 is 24.1 Å². The molecular weight excluding hydrogens is 489 g/mol. The van der Waals surface area contributed by atoms with Crippen molar-refractivity contribution in [3.05, 3.63) is 62.2 Å². The number of rotatable bonds is 4. The Morgan fingerprint density at radius 3 is 2.68 bits per heavy atom. The van der Waals surface area contributed by atoms with Crippen molar-refractivity contribution in [3.63, 3.8) is 0 Å². The second-order valence-electron chi connectivity index (χ2n) is 11.7. The Hall–Kier alpha value is -3.14. The molecule has 3 aliphatic rings. The summed E-state index contributed by atoms with van der Waals surface area (Å²) in [6, 6.07) is 4.90. The molecule has 0 aliphatic carbocycles. The molecule has 0 spiro atoms. The van der Waals surface area contributed by atoms with Gasteiger partial charge in [0.2, 0.25) is 0 Å². The van der Waals surface area contributed by atoms with Crippen LogP contribution in [0.4, 0.5) is 4.39 Å². The highest BCUT2D eigenvalue weighted by atomic mass is 19.1. The van der Waals surface area contributed by atoms with Crippen molar-refractivity contribution in [1.82, 2.24) is 14.5 Å². The maximum absolute atomic E-state index is 14.7. The molecule has 1 saturated heterocycles. The molecule has 2 N–H and O–H groups in total. The van der Waals surface area contributed by atoms with Crippen LogP contribution in [0.15, 0.2) is 23.0 Å². The molecule has 0 bridgehead atoms. The van der Waals surface area contributed by atoms with Gasteiger partial charge in [-0.3, -0.25) is 9.69 Å². The average Bonchev–Trinajstić information content (AvgIpc) is 3.39. The number of aliphatic hydroxyl groups is 2. The van der Waals surface area contributed by atoms with Crippen LogP contribution in [0.5, 0.6) is 0 Å². The number of hydrogen-bond acceptors (Lipinski definition) is 7. The molecule has 0 amide bonds. The number of aromatic nitrogens is 2. The molecule has 0 saturated carbocycles. The van der Waals surface area contributed by atoms with Crippen molar-refractivity contribution in [3.8, 4) is 11.4 Å². The SMILES string of the molecule is CC[C@@]1(O)C(=O)OCc2c1cc1n(c2=O)Cc2c-1nc1cc(F)c(C)cc1c2CN1CC(C)(C)C[C@@H]1CO. The molecule has 5 heterocycles. The fourth-order valence-electron chi connectivity index (χ4n) is 6.55. The minimum atomic E-state index is -1.91. The number of carbonyl (C=O) groups is 1. The highest BCUT2D eigenvalue weighted by molar-refractivity contribution is 5.89. The van der Waals surface area contributed by atoms with Crippen LogP contribution in [-0.2, 0) is 34.8 Å². The van der Waals surface area contributed by atoms with E-state index in [9.17, 15) is 24.2 Å². The maximum Gasteiger partial charge on any atom is 0.343 e. The monoisotopic (exact) mass is 521 g/mol. The number of pyridine rings is 2. The van der Waals surface area contributed by atoms with E-state index in [-0.39, 0.29) is 60.1 Å². The van der Waals surface area contributed by atoms with Crippen LogP contribution in [0.3, 0.4) is 0 Å². The number of benzene rings is 1. The van der Waals surface area contributed by atoms with E-state index < -0.39 is 11.6 Å². The zero-order valence-electron chi connectivity index (χ0n) is 22.1. The van der Waals surface area contributed by atoms with E-state index in [0.29, 0.717) is 29.0 Å². The summed E-state index contributed by atoms with van der Waals surface area (Å²) in [6.07, 6.45) is 0.918. The molecule has 0 unspecified atom stereocenters. The highest BCUT2D eigenvalue weighted by Gasteiger charge is 2.46. The first-order chi connectivity index (χ1) is 18.0. The molecule has 9 heteroatoms. The van der Waals surface area contributed by atoms with E-state index in [2.05, 4.69) is 18.7 Å². The smallest absolute Gasteiger partial charge is 0.343 e. The van der Waals surface area contributed by atoms with E-state index in [4.69, 9.17) is 9.72 Å². The summed E-state index contributed by atoms with van der Waals surface area (Å²) in [4.78, 5) is 33.2. The number of likely N-dealkylation sites (tertiary alicyclic amines) is 1. The van der Waals surface area contributed by atoms with Gasteiger partial charge in [-0.05, 0) is 48.4 Å². The third-order valence-corrected chi connectivity index (χ3v) is 8.59. The zero-order chi connectivity index (χ0) is 27.1. The van der Waals surface area contributed by atoms with E-state index in [1.807, 2.05) is 6.07 Å². The van der Waals surface area contributed by atoms with Gasteiger partial charge in [-0.2, -0.15) is 0 Å². The zero-order valence-corrected chi connectivity index (χ0v) is 22.1. The molecule has 38 heavy (non-hydrogen) atoms. The topological polar surface area (TPSA) is 105 Å². The maximum atomic E-state index is 14.7. The molecule has 1 fully saturated rings. The quantitative estimate of drug-likeness (QED) is 0.398. The molecule has 2 aromatic heterocycles. The highest BCUT2D eigenvalue weighted by Crippen LogP contribution is 2.42. The molecule has 200 valence electrons. The number of cyclic esters (lactones) is 1. The number of hydrogen-bond donors (Lipinski definition) is 2. The van der Waals surface area contributed by atoms with Gasteiger partial charge in [0.25, 0.3) is 5.56 Å². The van der Waals surface area contributed by atoms with Gasteiger partial charge >= 0.3 is 5.97 Å². The number of aliphatic hydroxyl groups excluding tert-OH is 1. The van der Waals surface area contributed by atoms with Crippen molar-refractivity contribution >= 4 is 16.9 Å². The second-order valence-corrected chi connectivity index (χ2v) is 11.7. The van der Waals surface area contributed by atoms with Gasteiger partial charge in [0.05, 0.1) is 35.6 Å². The molecule has 8 nitrogen and oxygen atoms in total. The molecule has 0 radical (unpaired) electrons. The van der Waals surface area contributed by atoms with E-state index in [1.54, 1.807) is 24.5 Å². The van der Waals surface area contributed by atoms with Crippen molar-refractivity contribution in [2.24, 2.45) is 5.41 Å². The summed E-state index contributed by atoms with van der Waals surface area (Å²) < 4.78 is 21.5. The van der Waals surface area contributed by atoms with Crippen molar-refractivity contribution in [2.45, 2.75) is 71.9 Å². The predicted molar refractivity (Wildman–Crippen MR) is 139 cm³/mol. The molecule has 3 aromatic rings. The van der Waals surface area contributed by atoms with Crippen LogP contribution in [0.1, 0.15) is 61.4 Å². The minimum Gasteiger partial charge on any atom is -0.458 e. The first-order valence-electron chi connectivity index (χ1n) is 13.1. The number of halogens is 1. The molecule has 2 atom stereocenters. The Morgan fingerprint density at radius 1 is 1.21 bits per heavy atom. The summed E-state index contributed by atoms with van der Waals surface area (Å²) in [5, 5.41) is 22.1. The van der Waals surface area contributed by atoms with Crippen LogP contribution in [-0.4, -0.2) is 49.8 Å². The lowest BCUT2D eigenvalue weighted by Crippen LogP contribution is -2.44. The van der Waals surface area contributed by atoms with Gasteiger partial charge in [-0.15, -0.1) is 0 Å².